The molecule has 0 saturated heterocycles. The molecule has 4 atom stereocenters. The molecule has 9 heteroatoms. The van der Waals surface area contributed by atoms with Gasteiger partial charge in [-0.25, -0.2) is 9.69 Å². The molecular formula is C24H25ClN2O6. The number of benzene rings is 2. The van der Waals surface area contributed by atoms with E-state index in [1.807, 2.05) is 6.92 Å². The lowest BCUT2D eigenvalue weighted by atomic mass is 9.68. The van der Waals surface area contributed by atoms with Crippen LogP contribution in [0.5, 0.6) is 0 Å². The SMILES string of the molecule is Cc1ccc2c(c1)[C@](C)([C@H]1c3ccc(Cl)cc3[C@@H](O)[C@H]1[N+](=O)[O-])C(=O)N2C(=O)OC(C)(C)C. The van der Waals surface area contributed by atoms with Gasteiger partial charge in [0.1, 0.15) is 11.7 Å². The largest absolute Gasteiger partial charge is 0.443 e. The number of carbonyl (C=O) groups is 2. The highest BCUT2D eigenvalue weighted by molar-refractivity contribution is 6.30. The summed E-state index contributed by atoms with van der Waals surface area (Å²) in [6.45, 7) is 8.50. The van der Waals surface area contributed by atoms with Gasteiger partial charge in [-0.1, -0.05) is 35.4 Å². The van der Waals surface area contributed by atoms with Gasteiger partial charge in [-0.2, -0.15) is 0 Å². The number of aryl methyl sites for hydroxylation is 1. The average molecular weight is 473 g/mol. The lowest BCUT2D eigenvalue weighted by Gasteiger charge is -2.32. The number of ether oxygens (including phenoxy) is 1. The lowest BCUT2D eigenvalue weighted by molar-refractivity contribution is -0.539. The van der Waals surface area contributed by atoms with Crippen molar-refractivity contribution < 1.29 is 24.4 Å². The molecule has 0 unspecified atom stereocenters. The fourth-order valence-electron chi connectivity index (χ4n) is 5.03. The van der Waals surface area contributed by atoms with E-state index in [0.717, 1.165) is 10.5 Å². The van der Waals surface area contributed by atoms with Crippen LogP contribution in [0.4, 0.5) is 10.5 Å². The van der Waals surface area contributed by atoms with E-state index in [0.29, 0.717) is 27.4 Å². The first-order valence-electron chi connectivity index (χ1n) is 10.6. The van der Waals surface area contributed by atoms with Crippen molar-refractivity contribution in [2.24, 2.45) is 0 Å². The Hall–Kier alpha value is -2.97. The zero-order valence-corrected chi connectivity index (χ0v) is 19.7. The van der Waals surface area contributed by atoms with Gasteiger partial charge in [0.2, 0.25) is 5.91 Å². The second-order valence-corrected chi connectivity index (χ2v) is 10.3. The van der Waals surface area contributed by atoms with Crippen molar-refractivity contribution in [3.8, 4) is 0 Å². The van der Waals surface area contributed by atoms with Crippen LogP contribution in [0.2, 0.25) is 5.02 Å². The number of anilines is 1. The summed E-state index contributed by atoms with van der Waals surface area (Å²) in [5.74, 6) is -1.67. The van der Waals surface area contributed by atoms with E-state index in [-0.39, 0.29) is 0 Å². The van der Waals surface area contributed by atoms with Crippen molar-refractivity contribution in [2.75, 3.05) is 4.90 Å². The van der Waals surface area contributed by atoms with Crippen LogP contribution in [0.1, 0.15) is 62.0 Å². The minimum absolute atomic E-state index is 0.313. The number of imide groups is 1. The Labute approximate surface area is 196 Å². The monoisotopic (exact) mass is 472 g/mol. The number of halogens is 1. The molecule has 0 aromatic heterocycles. The lowest BCUT2D eigenvalue weighted by Crippen LogP contribution is -2.49. The van der Waals surface area contributed by atoms with E-state index in [4.69, 9.17) is 16.3 Å². The fourth-order valence-corrected chi connectivity index (χ4v) is 5.21. The van der Waals surface area contributed by atoms with Crippen molar-refractivity contribution in [3.63, 3.8) is 0 Å². The molecule has 33 heavy (non-hydrogen) atoms. The van der Waals surface area contributed by atoms with E-state index in [9.17, 15) is 24.8 Å². The maximum atomic E-state index is 14.0. The van der Waals surface area contributed by atoms with E-state index in [2.05, 4.69) is 0 Å². The number of aliphatic hydroxyl groups excluding tert-OH is 1. The Kier molecular flexibility index (Phi) is 5.29. The van der Waals surface area contributed by atoms with Crippen molar-refractivity contribution in [3.05, 3.63) is 73.8 Å². The Morgan fingerprint density at radius 1 is 1.21 bits per heavy atom. The summed E-state index contributed by atoms with van der Waals surface area (Å²) in [6, 6.07) is 8.34. The summed E-state index contributed by atoms with van der Waals surface area (Å²) >= 11 is 6.10. The number of amides is 2. The molecule has 0 spiro atoms. The molecule has 0 fully saturated rings. The van der Waals surface area contributed by atoms with E-state index < -0.39 is 46.0 Å². The maximum Gasteiger partial charge on any atom is 0.421 e. The first kappa shape index (κ1) is 23.2. The predicted molar refractivity (Wildman–Crippen MR) is 122 cm³/mol. The van der Waals surface area contributed by atoms with Gasteiger partial charge >= 0.3 is 6.09 Å². The van der Waals surface area contributed by atoms with Gasteiger partial charge in [-0.3, -0.25) is 14.9 Å². The second kappa shape index (κ2) is 7.53. The third-order valence-corrected chi connectivity index (χ3v) is 6.64. The molecule has 0 radical (unpaired) electrons. The van der Waals surface area contributed by atoms with Crippen LogP contribution >= 0.6 is 11.6 Å². The van der Waals surface area contributed by atoms with Gasteiger partial charge in [0.15, 0.2) is 0 Å². The minimum Gasteiger partial charge on any atom is -0.443 e. The normalized spacial score (nSPS) is 26.2. The fraction of sp³-hybridized carbons (Fsp3) is 0.417. The summed E-state index contributed by atoms with van der Waals surface area (Å²) in [5.41, 5.74) is 0.0436. The second-order valence-electron chi connectivity index (χ2n) is 9.82. The van der Waals surface area contributed by atoms with E-state index >= 15 is 0 Å². The van der Waals surface area contributed by atoms with E-state index in [1.165, 1.54) is 6.07 Å². The van der Waals surface area contributed by atoms with Gasteiger partial charge in [0, 0.05) is 9.95 Å². The molecule has 8 nitrogen and oxygen atoms in total. The number of aliphatic hydroxyl groups is 1. The molecular weight excluding hydrogens is 448 g/mol. The van der Waals surface area contributed by atoms with Gasteiger partial charge < -0.3 is 9.84 Å². The number of hydrogen-bond acceptors (Lipinski definition) is 6. The first-order chi connectivity index (χ1) is 15.3. The van der Waals surface area contributed by atoms with Crippen LogP contribution in [0, 0.1) is 17.0 Å². The predicted octanol–water partition coefficient (Wildman–Crippen LogP) is 4.66. The van der Waals surface area contributed by atoms with Crippen LogP contribution in [0.3, 0.4) is 0 Å². The molecule has 1 heterocycles. The zero-order valence-electron chi connectivity index (χ0n) is 19.0. The molecule has 0 bridgehead atoms. The Morgan fingerprint density at radius 3 is 2.48 bits per heavy atom. The summed E-state index contributed by atoms with van der Waals surface area (Å²) < 4.78 is 5.48. The van der Waals surface area contributed by atoms with Crippen LogP contribution in [0.25, 0.3) is 0 Å². The molecule has 174 valence electrons. The molecule has 1 aliphatic carbocycles. The molecule has 2 aromatic carbocycles. The highest BCUT2D eigenvalue weighted by Crippen LogP contribution is 2.57. The van der Waals surface area contributed by atoms with Crippen LogP contribution < -0.4 is 4.90 Å². The molecule has 0 saturated carbocycles. The minimum atomic E-state index is -1.50. The molecule has 2 aromatic rings. The van der Waals surface area contributed by atoms with Gasteiger partial charge in [-0.05, 0) is 69.5 Å². The Morgan fingerprint density at radius 2 is 1.88 bits per heavy atom. The standard InChI is InChI=1S/C24H25ClN2O6/c1-12-6-9-17-16(10-12)24(5,21(29)26(17)22(30)33-23(2,3)4)18-14-8-7-13(25)11-15(14)20(28)19(18)27(31)32/h6-11,18-20,28H,1-5H3/t18-,19-,20+,24+/m0/s1. The zero-order chi connectivity index (χ0) is 24.5. The number of rotatable bonds is 2. The molecule has 1 aliphatic heterocycles. The summed E-state index contributed by atoms with van der Waals surface area (Å²) in [7, 11) is 0. The third-order valence-electron chi connectivity index (χ3n) is 6.41. The van der Waals surface area contributed by atoms with Gasteiger partial charge in [-0.15, -0.1) is 0 Å². The number of nitro groups is 1. The first-order valence-corrected chi connectivity index (χ1v) is 10.9. The van der Waals surface area contributed by atoms with Crippen molar-refractivity contribution in [1.29, 1.82) is 0 Å². The summed E-state index contributed by atoms with van der Waals surface area (Å²) in [5, 5.41) is 23.4. The smallest absolute Gasteiger partial charge is 0.421 e. The quantitative estimate of drug-likeness (QED) is 0.502. The summed E-state index contributed by atoms with van der Waals surface area (Å²) in [6.07, 6.45) is -2.30. The average Bonchev–Trinajstić information content (AvgIpc) is 3.10. The number of nitrogens with zero attached hydrogens (tertiary/aromatic N) is 2. The van der Waals surface area contributed by atoms with Crippen LogP contribution in [-0.4, -0.2) is 33.7 Å². The number of carbonyl (C=O) groups excluding carboxylic acids is 2. The van der Waals surface area contributed by atoms with E-state index in [1.54, 1.807) is 58.0 Å². The van der Waals surface area contributed by atoms with Gasteiger partial charge in [0.25, 0.3) is 6.04 Å². The Bertz CT molecular complexity index is 1190. The van der Waals surface area contributed by atoms with Crippen molar-refractivity contribution in [2.45, 2.75) is 63.7 Å². The van der Waals surface area contributed by atoms with Crippen molar-refractivity contribution in [1.82, 2.24) is 0 Å². The van der Waals surface area contributed by atoms with Crippen LogP contribution in [0.15, 0.2) is 36.4 Å². The van der Waals surface area contributed by atoms with Gasteiger partial charge in [0.05, 0.1) is 17.0 Å². The number of fused-ring (bicyclic) bond motifs is 2. The molecule has 2 amide bonds. The highest BCUT2D eigenvalue weighted by Gasteiger charge is 2.64. The maximum absolute atomic E-state index is 14.0. The van der Waals surface area contributed by atoms with Crippen molar-refractivity contribution >= 4 is 29.3 Å². The molecule has 2 aliphatic rings. The number of hydrogen-bond donors (Lipinski definition) is 1. The summed E-state index contributed by atoms with van der Waals surface area (Å²) in [4.78, 5) is 39.6. The Balaban J connectivity index is 1.95. The topological polar surface area (TPSA) is 110 Å². The highest BCUT2D eigenvalue weighted by atomic mass is 35.5. The van der Waals surface area contributed by atoms with Crippen LogP contribution in [-0.2, 0) is 14.9 Å². The third kappa shape index (κ3) is 3.48. The molecule has 4 rings (SSSR count). The molecule has 1 N–H and O–H groups in total.